The lowest BCUT2D eigenvalue weighted by molar-refractivity contribution is 0.415. The number of ether oxygens (including phenoxy) is 1. The summed E-state index contributed by atoms with van der Waals surface area (Å²) in [6.07, 6.45) is 1.94. The van der Waals surface area contributed by atoms with Gasteiger partial charge in [-0.2, -0.15) is 0 Å². The number of hydrogen-bond donors (Lipinski definition) is 0. The molecule has 27 heavy (non-hydrogen) atoms. The highest BCUT2D eigenvalue weighted by molar-refractivity contribution is 5.95. The molecule has 2 heterocycles. The van der Waals surface area contributed by atoms with Crippen molar-refractivity contribution in [3.63, 3.8) is 0 Å². The van der Waals surface area contributed by atoms with Gasteiger partial charge in [0.05, 0.1) is 7.11 Å². The molecule has 4 heteroatoms. The zero-order valence-corrected chi connectivity index (χ0v) is 14.8. The van der Waals surface area contributed by atoms with Gasteiger partial charge in [0, 0.05) is 17.1 Å². The van der Waals surface area contributed by atoms with Crippen molar-refractivity contribution in [2.24, 2.45) is 0 Å². The molecule has 0 saturated heterocycles. The summed E-state index contributed by atoms with van der Waals surface area (Å²) < 4.78 is 7.18. The standard InChI is InChI=1S/C23H17N3O/c1-27-20-12-11-18-13-14-26-23(21(18)15-20)24-22(25-26)19-9-7-17(8-10-19)16-5-3-2-4-6-16/h2-15H,1H3. The highest BCUT2D eigenvalue weighted by Gasteiger charge is 2.10. The third-order valence-corrected chi connectivity index (χ3v) is 4.78. The molecule has 0 aliphatic heterocycles. The first kappa shape index (κ1) is 15.6. The van der Waals surface area contributed by atoms with E-state index in [2.05, 4.69) is 41.5 Å². The maximum Gasteiger partial charge on any atom is 0.182 e. The SMILES string of the molecule is COc1ccc2ccn3nc(-c4ccc(-c5ccccc5)cc4)nc3c2c1. The predicted molar refractivity (Wildman–Crippen MR) is 108 cm³/mol. The zero-order valence-electron chi connectivity index (χ0n) is 14.8. The van der Waals surface area contributed by atoms with Gasteiger partial charge in [-0.3, -0.25) is 0 Å². The van der Waals surface area contributed by atoms with Crippen LogP contribution in [0, 0.1) is 0 Å². The van der Waals surface area contributed by atoms with Crippen LogP contribution in [0.5, 0.6) is 5.75 Å². The van der Waals surface area contributed by atoms with Gasteiger partial charge in [-0.05, 0) is 34.7 Å². The van der Waals surface area contributed by atoms with Crippen LogP contribution in [0.4, 0.5) is 0 Å². The van der Waals surface area contributed by atoms with E-state index in [4.69, 9.17) is 9.72 Å². The van der Waals surface area contributed by atoms with Gasteiger partial charge in [0.25, 0.3) is 0 Å². The third-order valence-electron chi connectivity index (χ3n) is 4.78. The highest BCUT2D eigenvalue weighted by atomic mass is 16.5. The molecule has 0 N–H and O–H groups in total. The van der Waals surface area contributed by atoms with Gasteiger partial charge in [0.2, 0.25) is 0 Å². The van der Waals surface area contributed by atoms with Gasteiger partial charge >= 0.3 is 0 Å². The van der Waals surface area contributed by atoms with E-state index in [1.807, 2.05) is 53.2 Å². The Labute approximate surface area is 156 Å². The number of rotatable bonds is 3. The minimum atomic E-state index is 0.713. The fourth-order valence-corrected chi connectivity index (χ4v) is 3.33. The first-order chi connectivity index (χ1) is 13.3. The molecule has 0 atom stereocenters. The van der Waals surface area contributed by atoms with Gasteiger partial charge < -0.3 is 4.74 Å². The number of methoxy groups -OCH3 is 1. The first-order valence-corrected chi connectivity index (χ1v) is 8.81. The lowest BCUT2D eigenvalue weighted by Crippen LogP contribution is -1.89. The molecule has 4 nitrogen and oxygen atoms in total. The van der Waals surface area contributed by atoms with Crippen LogP contribution < -0.4 is 4.74 Å². The van der Waals surface area contributed by atoms with Crippen LogP contribution in [-0.4, -0.2) is 21.7 Å². The number of nitrogens with zero attached hydrogens (tertiary/aromatic N) is 3. The summed E-state index contributed by atoms with van der Waals surface area (Å²) in [5.74, 6) is 1.53. The quantitative estimate of drug-likeness (QED) is 0.447. The number of benzene rings is 3. The Morgan fingerprint density at radius 1 is 0.778 bits per heavy atom. The number of fused-ring (bicyclic) bond motifs is 3. The Bertz CT molecular complexity index is 1240. The zero-order chi connectivity index (χ0) is 18.2. The van der Waals surface area contributed by atoms with Gasteiger partial charge in [0.1, 0.15) is 5.75 Å². The van der Waals surface area contributed by atoms with Gasteiger partial charge in [-0.25, -0.2) is 9.50 Å². The molecule has 0 aliphatic rings. The Hall–Kier alpha value is -3.66. The number of hydrogen-bond acceptors (Lipinski definition) is 3. The summed E-state index contributed by atoms with van der Waals surface area (Å²) in [4.78, 5) is 4.79. The summed E-state index contributed by atoms with van der Waals surface area (Å²) in [5.41, 5.74) is 4.20. The van der Waals surface area contributed by atoms with Crippen molar-refractivity contribution < 1.29 is 4.74 Å². The van der Waals surface area contributed by atoms with Crippen LogP contribution in [-0.2, 0) is 0 Å². The van der Waals surface area contributed by atoms with Crippen molar-refractivity contribution in [3.05, 3.63) is 85.1 Å². The van der Waals surface area contributed by atoms with Gasteiger partial charge in [0.15, 0.2) is 11.5 Å². The molecule has 0 spiro atoms. The van der Waals surface area contributed by atoms with E-state index in [-0.39, 0.29) is 0 Å². The van der Waals surface area contributed by atoms with Crippen molar-refractivity contribution in [3.8, 4) is 28.3 Å². The third kappa shape index (κ3) is 2.72. The van der Waals surface area contributed by atoms with Gasteiger partial charge in [-0.15, -0.1) is 5.10 Å². The lowest BCUT2D eigenvalue weighted by Gasteiger charge is -2.02. The molecule has 0 fully saturated rings. The molecule has 5 aromatic rings. The van der Waals surface area contributed by atoms with E-state index in [0.29, 0.717) is 5.82 Å². The van der Waals surface area contributed by atoms with Gasteiger partial charge in [-0.1, -0.05) is 60.7 Å². The van der Waals surface area contributed by atoms with Crippen molar-refractivity contribution in [2.45, 2.75) is 0 Å². The van der Waals surface area contributed by atoms with Crippen molar-refractivity contribution >= 4 is 16.4 Å². The first-order valence-electron chi connectivity index (χ1n) is 8.81. The molecule has 0 bridgehead atoms. The molecule has 0 saturated carbocycles. The highest BCUT2D eigenvalue weighted by Crippen LogP contribution is 2.27. The Kier molecular flexibility index (Phi) is 3.61. The van der Waals surface area contributed by atoms with Crippen LogP contribution in [0.3, 0.4) is 0 Å². The van der Waals surface area contributed by atoms with Crippen molar-refractivity contribution in [2.75, 3.05) is 7.11 Å². The van der Waals surface area contributed by atoms with Crippen LogP contribution in [0.15, 0.2) is 85.1 Å². The van der Waals surface area contributed by atoms with E-state index in [0.717, 1.165) is 27.7 Å². The smallest absolute Gasteiger partial charge is 0.182 e. The van der Waals surface area contributed by atoms with Crippen LogP contribution in [0.1, 0.15) is 0 Å². The van der Waals surface area contributed by atoms with Crippen LogP contribution in [0.25, 0.3) is 38.9 Å². The van der Waals surface area contributed by atoms with Crippen molar-refractivity contribution in [1.29, 1.82) is 0 Å². The minimum absolute atomic E-state index is 0.713. The monoisotopic (exact) mass is 351 g/mol. The Morgan fingerprint density at radius 2 is 1.52 bits per heavy atom. The molecule has 2 aromatic heterocycles. The molecular weight excluding hydrogens is 334 g/mol. The largest absolute Gasteiger partial charge is 0.497 e. The number of aromatic nitrogens is 3. The van der Waals surface area contributed by atoms with Crippen LogP contribution >= 0.6 is 0 Å². The molecule has 130 valence electrons. The molecule has 0 amide bonds. The molecule has 0 aliphatic carbocycles. The van der Waals surface area contributed by atoms with E-state index in [1.165, 1.54) is 11.1 Å². The second-order valence-corrected chi connectivity index (χ2v) is 6.42. The average Bonchev–Trinajstić information content (AvgIpc) is 3.19. The molecule has 5 rings (SSSR count). The Balaban J connectivity index is 1.60. The fourth-order valence-electron chi connectivity index (χ4n) is 3.33. The van der Waals surface area contributed by atoms with E-state index < -0.39 is 0 Å². The Morgan fingerprint density at radius 3 is 2.30 bits per heavy atom. The summed E-state index contributed by atoms with van der Waals surface area (Å²) in [7, 11) is 1.67. The second kappa shape index (κ2) is 6.25. The molecule has 0 unspecified atom stereocenters. The maximum atomic E-state index is 5.36. The molecule has 0 radical (unpaired) electrons. The molecular formula is C23H17N3O. The van der Waals surface area contributed by atoms with Crippen LogP contribution in [0.2, 0.25) is 0 Å². The average molecular weight is 351 g/mol. The van der Waals surface area contributed by atoms with E-state index in [1.54, 1.807) is 7.11 Å². The summed E-state index contributed by atoms with van der Waals surface area (Å²) in [5, 5.41) is 6.79. The summed E-state index contributed by atoms with van der Waals surface area (Å²) >= 11 is 0. The summed E-state index contributed by atoms with van der Waals surface area (Å²) in [6.45, 7) is 0. The second-order valence-electron chi connectivity index (χ2n) is 6.42. The van der Waals surface area contributed by atoms with Crippen molar-refractivity contribution in [1.82, 2.24) is 14.6 Å². The normalized spacial score (nSPS) is 11.1. The minimum Gasteiger partial charge on any atom is -0.497 e. The summed E-state index contributed by atoms with van der Waals surface area (Å²) in [6, 6.07) is 26.7. The topological polar surface area (TPSA) is 39.4 Å². The van der Waals surface area contributed by atoms with E-state index >= 15 is 0 Å². The molecule has 3 aromatic carbocycles. The predicted octanol–water partition coefficient (Wildman–Crippen LogP) is 5.23. The maximum absolute atomic E-state index is 5.36. The van der Waals surface area contributed by atoms with E-state index in [9.17, 15) is 0 Å². The number of pyridine rings is 1. The fraction of sp³-hybridized carbons (Fsp3) is 0.0435. The lowest BCUT2D eigenvalue weighted by atomic mass is 10.0.